The number of aliphatic carboxylic acids is 1. The summed E-state index contributed by atoms with van der Waals surface area (Å²) < 4.78 is 27.3. The maximum Gasteiger partial charge on any atom is 0.321 e. The van der Waals surface area contributed by atoms with Crippen LogP contribution in [0.1, 0.15) is 50.5 Å². The Morgan fingerprint density at radius 1 is 0.918 bits per heavy atom. The molecule has 2 atom stereocenters. The van der Waals surface area contributed by atoms with Crippen molar-refractivity contribution in [3.8, 4) is 5.75 Å². The second kappa shape index (κ2) is 22.4. The average Bonchev–Trinajstić information content (AvgIpc) is 3.62. The number of fused-ring (bicyclic) bond motifs is 1. The molecule has 1 saturated heterocycles. The number of aromatic nitrogens is 1. The standard InChI is InChI=1S/C34H49N3O11S/c1-44-27-7-8-30-28(20-27)24(22-36-30)4-2-5-26(39)10-13-46-15-17-48-19-18-47-16-14-45-12-3-6-25(38)9-11-37-32(40)21-31(33(37)41)49-23-29(35)34(42)43/h7-8,20,22,29,31,36H,2-6,9-19,21,23,35H2,1H3,(H,42,43)/t29-,31?/m0/s1. The molecule has 49 heavy (non-hydrogen) atoms. The van der Waals surface area contributed by atoms with Gasteiger partial charge in [0.05, 0.1) is 58.6 Å². The number of likely N-dealkylation sites (tertiary alicyclic amines) is 1. The number of carbonyl (C=O) groups is 5. The third-order valence-electron chi connectivity index (χ3n) is 7.87. The van der Waals surface area contributed by atoms with E-state index >= 15 is 0 Å². The van der Waals surface area contributed by atoms with Gasteiger partial charge in [-0.1, -0.05) is 0 Å². The van der Waals surface area contributed by atoms with Crippen LogP contribution in [0.25, 0.3) is 10.9 Å². The van der Waals surface area contributed by atoms with E-state index in [1.54, 1.807) is 7.11 Å². The lowest BCUT2D eigenvalue weighted by Gasteiger charge is -2.15. The highest BCUT2D eigenvalue weighted by molar-refractivity contribution is 8.00. The second-order valence-corrected chi connectivity index (χ2v) is 12.8. The van der Waals surface area contributed by atoms with Crippen molar-refractivity contribution in [1.82, 2.24) is 9.88 Å². The molecule has 4 N–H and O–H groups in total. The Bertz CT molecular complexity index is 1370. The highest BCUT2D eigenvalue weighted by atomic mass is 32.2. The van der Waals surface area contributed by atoms with Gasteiger partial charge < -0.3 is 39.5 Å². The number of H-pyrrole nitrogens is 1. The number of nitrogens with zero attached hydrogens (tertiary/aromatic N) is 1. The molecule has 1 aromatic carbocycles. The van der Waals surface area contributed by atoms with Gasteiger partial charge in [-0.15, -0.1) is 11.8 Å². The molecule has 0 spiro atoms. The maximum atomic E-state index is 12.4. The van der Waals surface area contributed by atoms with Gasteiger partial charge in [-0.3, -0.25) is 28.9 Å². The quantitative estimate of drug-likeness (QED) is 0.0863. The van der Waals surface area contributed by atoms with Crippen molar-refractivity contribution in [2.24, 2.45) is 5.73 Å². The molecule has 3 rings (SSSR count). The van der Waals surface area contributed by atoms with Crippen molar-refractivity contribution < 1.29 is 52.8 Å². The first-order valence-corrected chi connectivity index (χ1v) is 17.7. The van der Waals surface area contributed by atoms with Gasteiger partial charge in [-0.25, -0.2) is 0 Å². The number of hydrogen-bond acceptors (Lipinski definition) is 12. The zero-order chi connectivity index (χ0) is 35.4. The van der Waals surface area contributed by atoms with Gasteiger partial charge in [-0.05, 0) is 43.0 Å². The molecule has 1 fully saturated rings. The average molecular weight is 708 g/mol. The molecule has 1 aliphatic rings. The molecule has 0 bridgehead atoms. The largest absolute Gasteiger partial charge is 0.497 e. The van der Waals surface area contributed by atoms with Crippen LogP contribution in [-0.2, 0) is 49.3 Å². The predicted molar refractivity (Wildman–Crippen MR) is 183 cm³/mol. The van der Waals surface area contributed by atoms with Gasteiger partial charge in [-0.2, -0.15) is 0 Å². The first-order chi connectivity index (χ1) is 23.7. The number of thioether (sulfide) groups is 1. The Kier molecular flexibility index (Phi) is 18.3. The summed E-state index contributed by atoms with van der Waals surface area (Å²) in [5.41, 5.74) is 7.69. The second-order valence-electron chi connectivity index (χ2n) is 11.6. The number of methoxy groups -OCH3 is 1. The van der Waals surface area contributed by atoms with Crippen LogP contribution in [0.5, 0.6) is 5.75 Å². The Balaban J connectivity index is 1.07. The molecular weight excluding hydrogens is 658 g/mol. The number of imide groups is 1. The molecular formula is C34H49N3O11S. The monoisotopic (exact) mass is 707 g/mol. The van der Waals surface area contributed by atoms with Crippen molar-refractivity contribution in [3.63, 3.8) is 0 Å². The van der Waals surface area contributed by atoms with Gasteiger partial charge >= 0.3 is 5.97 Å². The van der Waals surface area contributed by atoms with Crippen LogP contribution in [0.15, 0.2) is 24.4 Å². The van der Waals surface area contributed by atoms with Crippen LogP contribution in [0.3, 0.4) is 0 Å². The molecule has 0 saturated carbocycles. The third kappa shape index (κ3) is 14.6. The fourth-order valence-corrected chi connectivity index (χ4v) is 6.19. The smallest absolute Gasteiger partial charge is 0.321 e. The van der Waals surface area contributed by atoms with E-state index in [-0.39, 0.29) is 49.0 Å². The van der Waals surface area contributed by atoms with E-state index in [0.29, 0.717) is 72.1 Å². The van der Waals surface area contributed by atoms with E-state index in [1.807, 2.05) is 24.4 Å². The summed E-state index contributed by atoms with van der Waals surface area (Å²) in [7, 11) is 1.65. The number of nitrogens with two attached hydrogens (primary N) is 1. The number of aryl methyl sites for hydroxylation is 1. The predicted octanol–water partition coefficient (Wildman–Crippen LogP) is 2.54. The minimum Gasteiger partial charge on any atom is -0.497 e. The number of amides is 2. The van der Waals surface area contributed by atoms with Crippen LogP contribution in [0.4, 0.5) is 0 Å². The van der Waals surface area contributed by atoms with E-state index in [1.165, 1.54) is 5.56 Å². The number of carboxylic acids is 1. The fraction of sp³-hybridized carbons (Fsp3) is 0.618. The maximum absolute atomic E-state index is 12.4. The number of ether oxygens (including phenoxy) is 5. The third-order valence-corrected chi connectivity index (χ3v) is 9.20. The van der Waals surface area contributed by atoms with Crippen LogP contribution >= 0.6 is 11.8 Å². The number of carboxylic acid groups (broad SMARTS) is 1. The van der Waals surface area contributed by atoms with Gasteiger partial charge in [0.2, 0.25) is 11.8 Å². The van der Waals surface area contributed by atoms with Gasteiger partial charge in [0.25, 0.3) is 0 Å². The Morgan fingerprint density at radius 3 is 2.22 bits per heavy atom. The summed E-state index contributed by atoms with van der Waals surface area (Å²) in [5.74, 6) is -0.986. The summed E-state index contributed by atoms with van der Waals surface area (Å²) >= 11 is 1.05. The van der Waals surface area contributed by atoms with Crippen LogP contribution in [-0.4, -0.2) is 128 Å². The van der Waals surface area contributed by atoms with Crippen molar-refractivity contribution >= 4 is 52.0 Å². The summed E-state index contributed by atoms with van der Waals surface area (Å²) in [6.07, 6.45) is 5.32. The Labute approximate surface area is 290 Å². The summed E-state index contributed by atoms with van der Waals surface area (Å²) in [6.45, 7) is 3.17. The highest BCUT2D eigenvalue weighted by Crippen LogP contribution is 2.26. The highest BCUT2D eigenvalue weighted by Gasteiger charge is 2.39. The lowest BCUT2D eigenvalue weighted by molar-refractivity contribution is -0.139. The zero-order valence-electron chi connectivity index (χ0n) is 28.2. The summed E-state index contributed by atoms with van der Waals surface area (Å²) in [5, 5.41) is 9.32. The van der Waals surface area contributed by atoms with Gasteiger partial charge in [0.1, 0.15) is 23.4 Å². The molecule has 1 unspecified atom stereocenters. The minimum atomic E-state index is -1.17. The Morgan fingerprint density at radius 2 is 1.55 bits per heavy atom. The number of carbonyl (C=O) groups excluding carboxylic acids is 4. The minimum absolute atomic E-state index is 0.0176. The van der Waals surface area contributed by atoms with Gasteiger partial charge in [0.15, 0.2) is 0 Å². The molecule has 2 amide bonds. The molecule has 0 radical (unpaired) electrons. The number of rotatable bonds is 28. The van der Waals surface area contributed by atoms with Crippen LogP contribution < -0.4 is 10.5 Å². The summed E-state index contributed by atoms with van der Waals surface area (Å²) in [4.78, 5) is 64.2. The van der Waals surface area contributed by atoms with E-state index in [0.717, 1.165) is 46.2 Å². The normalized spacial score (nSPS) is 15.3. The number of benzene rings is 1. The van der Waals surface area contributed by atoms with Crippen molar-refractivity contribution in [3.05, 3.63) is 30.0 Å². The first-order valence-electron chi connectivity index (χ1n) is 16.6. The van der Waals surface area contributed by atoms with Crippen molar-refractivity contribution in [1.29, 1.82) is 0 Å². The van der Waals surface area contributed by atoms with E-state index < -0.39 is 23.2 Å². The molecule has 272 valence electrons. The van der Waals surface area contributed by atoms with E-state index in [9.17, 15) is 24.0 Å². The van der Waals surface area contributed by atoms with Crippen LogP contribution in [0.2, 0.25) is 0 Å². The number of hydrogen-bond donors (Lipinski definition) is 3. The molecule has 1 aliphatic heterocycles. The number of Topliss-reactive ketones (excluding diaryl/α,β-unsaturated/α-hetero) is 2. The fourth-order valence-electron chi connectivity index (χ4n) is 5.08. The van der Waals surface area contributed by atoms with Crippen LogP contribution in [0, 0.1) is 0 Å². The Hall–Kier alpha value is -3.34. The molecule has 15 heteroatoms. The zero-order valence-corrected chi connectivity index (χ0v) is 29.0. The van der Waals surface area contributed by atoms with Gasteiger partial charge in [0, 0.05) is 68.1 Å². The number of ketones is 2. The topological polar surface area (TPSA) is 197 Å². The molecule has 1 aromatic heterocycles. The van der Waals surface area contributed by atoms with E-state index in [2.05, 4.69) is 4.98 Å². The number of aromatic amines is 1. The lowest BCUT2D eigenvalue weighted by atomic mass is 10.0. The molecule has 2 heterocycles. The summed E-state index contributed by atoms with van der Waals surface area (Å²) in [6, 6.07) is 4.81. The SMILES string of the molecule is COc1ccc2[nH]cc(CCCC(=O)CCOCCOCCOCCOCCCC(=O)CCN3C(=O)CC(SC[C@H](N)C(=O)O)C3=O)c2c1. The van der Waals surface area contributed by atoms with Crippen molar-refractivity contribution in [2.75, 3.05) is 72.3 Å². The number of nitrogens with one attached hydrogen (secondary N) is 1. The first kappa shape index (κ1) is 40.1. The molecule has 14 nitrogen and oxygen atoms in total. The molecule has 0 aliphatic carbocycles. The molecule has 2 aromatic rings. The lowest BCUT2D eigenvalue weighted by Crippen LogP contribution is -2.35. The van der Waals surface area contributed by atoms with E-state index in [4.69, 9.17) is 34.5 Å². The van der Waals surface area contributed by atoms with Crippen molar-refractivity contribution in [2.45, 2.75) is 62.7 Å².